The molecule has 45 heavy (non-hydrogen) atoms. The monoisotopic (exact) mass is 607 g/mol. The van der Waals surface area contributed by atoms with Gasteiger partial charge < -0.3 is 9.84 Å². The first-order valence-electron chi connectivity index (χ1n) is 14.9. The molecule has 4 unspecified atom stereocenters. The molecule has 0 aromatic heterocycles. The Bertz CT molecular complexity index is 1830. The normalized spacial score (nSPS) is 22.6. The van der Waals surface area contributed by atoms with E-state index in [1.165, 1.54) is 29.2 Å². The molecule has 10 nitrogen and oxygen atoms in total. The first-order chi connectivity index (χ1) is 21.7. The van der Waals surface area contributed by atoms with Crippen LogP contribution in [0.1, 0.15) is 42.1 Å². The number of methoxy groups -OCH3 is 1. The molecule has 2 aliphatic rings. The SMILES string of the molecule is CCc1cccc(CC)c1N1C(=O)C2C(c3ccc(OC)c4ccccc34)NC(Cc3ccc([N+](=O)[O-])cc3)(C(=O)O)C2C1=O. The molecule has 2 aliphatic heterocycles. The highest BCUT2D eigenvalue weighted by Crippen LogP contribution is 2.53. The zero-order valence-corrected chi connectivity index (χ0v) is 25.2. The van der Waals surface area contributed by atoms with Crippen LogP contribution in [0.4, 0.5) is 11.4 Å². The van der Waals surface area contributed by atoms with E-state index in [1.54, 1.807) is 13.2 Å². The molecule has 6 rings (SSSR count). The highest BCUT2D eigenvalue weighted by Gasteiger charge is 2.69. The van der Waals surface area contributed by atoms with Crippen molar-refractivity contribution in [1.29, 1.82) is 0 Å². The summed E-state index contributed by atoms with van der Waals surface area (Å²) in [5, 5.41) is 27.1. The van der Waals surface area contributed by atoms with Crippen LogP contribution >= 0.6 is 0 Å². The van der Waals surface area contributed by atoms with Crippen molar-refractivity contribution >= 4 is 39.9 Å². The second kappa shape index (κ2) is 11.4. The van der Waals surface area contributed by atoms with Gasteiger partial charge in [0.25, 0.3) is 5.69 Å². The number of nitro benzene ring substituents is 1. The van der Waals surface area contributed by atoms with Crippen LogP contribution in [0.25, 0.3) is 10.8 Å². The van der Waals surface area contributed by atoms with Crippen molar-refractivity contribution in [1.82, 2.24) is 5.32 Å². The summed E-state index contributed by atoms with van der Waals surface area (Å²) in [7, 11) is 1.57. The molecule has 0 aliphatic carbocycles. The topological polar surface area (TPSA) is 139 Å². The summed E-state index contributed by atoms with van der Waals surface area (Å²) in [5.74, 6) is -3.96. The van der Waals surface area contributed by atoms with E-state index in [0.29, 0.717) is 35.4 Å². The fraction of sp³-hybridized carbons (Fsp3) is 0.286. The van der Waals surface area contributed by atoms with Crippen LogP contribution in [0.5, 0.6) is 5.75 Å². The molecule has 0 spiro atoms. The van der Waals surface area contributed by atoms with Crippen molar-refractivity contribution in [3.8, 4) is 5.75 Å². The number of aryl methyl sites for hydroxylation is 2. The first kappa shape index (κ1) is 30.0. The number of carboxylic acid groups (broad SMARTS) is 1. The third-order valence-corrected chi connectivity index (χ3v) is 9.33. The van der Waals surface area contributed by atoms with Crippen LogP contribution in [0.2, 0.25) is 0 Å². The molecule has 4 atom stereocenters. The lowest BCUT2D eigenvalue weighted by Gasteiger charge is -2.32. The van der Waals surface area contributed by atoms with Crippen molar-refractivity contribution in [3.05, 3.63) is 111 Å². The third kappa shape index (κ3) is 4.64. The Morgan fingerprint density at radius 1 is 0.933 bits per heavy atom. The predicted molar refractivity (Wildman–Crippen MR) is 168 cm³/mol. The molecule has 230 valence electrons. The Labute approximate surface area is 259 Å². The van der Waals surface area contributed by atoms with Crippen molar-refractivity contribution in [2.24, 2.45) is 11.8 Å². The van der Waals surface area contributed by atoms with Crippen LogP contribution in [0, 0.1) is 22.0 Å². The number of nitro groups is 1. The molecule has 0 saturated carbocycles. The number of non-ortho nitro benzene ring substituents is 1. The number of amides is 2. The van der Waals surface area contributed by atoms with Gasteiger partial charge in [0.1, 0.15) is 11.3 Å². The summed E-state index contributed by atoms with van der Waals surface area (Å²) in [6, 6.07) is 21.6. The van der Waals surface area contributed by atoms with Crippen LogP contribution in [-0.4, -0.2) is 40.5 Å². The van der Waals surface area contributed by atoms with Gasteiger partial charge in [0.2, 0.25) is 11.8 Å². The van der Waals surface area contributed by atoms with Gasteiger partial charge in [-0.25, -0.2) is 4.90 Å². The number of benzene rings is 4. The standard InChI is InChI=1S/C35H33N3O7/c1-4-21-9-8-10-22(5-2)31(21)37-32(39)28-29(33(37)40)35(34(41)42,19-20-13-15-23(16-14-20)38(43)44)36-30(28)26-17-18-27(45-3)25-12-7-6-11-24(25)26/h6-18,28-30,36H,4-5,19H2,1-3H3,(H,41,42). The molecule has 4 aromatic rings. The summed E-state index contributed by atoms with van der Waals surface area (Å²) in [5.41, 5.74) is 1.32. The summed E-state index contributed by atoms with van der Waals surface area (Å²) < 4.78 is 5.59. The lowest BCUT2D eigenvalue weighted by atomic mass is 9.76. The van der Waals surface area contributed by atoms with Crippen molar-refractivity contribution in [2.75, 3.05) is 12.0 Å². The predicted octanol–water partition coefficient (Wildman–Crippen LogP) is 5.40. The van der Waals surface area contributed by atoms with E-state index in [1.807, 2.05) is 62.4 Å². The molecule has 2 saturated heterocycles. The molecule has 2 fully saturated rings. The average molecular weight is 608 g/mol. The Morgan fingerprint density at radius 2 is 1.58 bits per heavy atom. The van der Waals surface area contributed by atoms with Crippen molar-refractivity contribution < 1.29 is 29.2 Å². The zero-order valence-electron chi connectivity index (χ0n) is 25.2. The van der Waals surface area contributed by atoms with E-state index in [-0.39, 0.29) is 12.1 Å². The maximum atomic E-state index is 14.6. The number of ether oxygens (including phenoxy) is 1. The Hall–Kier alpha value is -5.09. The maximum Gasteiger partial charge on any atom is 0.325 e. The van der Waals surface area contributed by atoms with Gasteiger partial charge in [-0.15, -0.1) is 0 Å². The van der Waals surface area contributed by atoms with E-state index in [9.17, 15) is 29.6 Å². The number of fused-ring (bicyclic) bond motifs is 2. The van der Waals surface area contributed by atoms with Crippen LogP contribution in [-0.2, 0) is 33.6 Å². The number of anilines is 1. The molecule has 10 heteroatoms. The van der Waals surface area contributed by atoms with Gasteiger partial charge in [0, 0.05) is 30.0 Å². The minimum Gasteiger partial charge on any atom is -0.496 e. The molecule has 4 aromatic carbocycles. The third-order valence-electron chi connectivity index (χ3n) is 9.33. The number of aliphatic carboxylic acids is 1. The number of rotatable bonds is 9. The number of nitrogens with zero attached hydrogens (tertiary/aromatic N) is 2. The molecule has 0 radical (unpaired) electrons. The van der Waals surface area contributed by atoms with Gasteiger partial charge in [0.15, 0.2) is 0 Å². The number of para-hydroxylation sites is 1. The summed E-state index contributed by atoms with van der Waals surface area (Å²) in [6.45, 7) is 3.90. The second-order valence-corrected chi connectivity index (χ2v) is 11.5. The molecule has 0 bridgehead atoms. The highest BCUT2D eigenvalue weighted by atomic mass is 16.6. The minimum absolute atomic E-state index is 0.135. The van der Waals surface area contributed by atoms with E-state index in [0.717, 1.165) is 21.9 Å². The van der Waals surface area contributed by atoms with E-state index >= 15 is 0 Å². The number of carbonyl (C=O) groups excluding carboxylic acids is 2. The van der Waals surface area contributed by atoms with Gasteiger partial charge in [-0.1, -0.05) is 74.5 Å². The number of hydrogen-bond acceptors (Lipinski definition) is 7. The summed E-state index contributed by atoms with van der Waals surface area (Å²) >= 11 is 0. The average Bonchev–Trinajstić information content (AvgIpc) is 3.53. The van der Waals surface area contributed by atoms with Gasteiger partial charge in [-0.05, 0) is 46.5 Å². The fourth-order valence-corrected chi connectivity index (χ4v) is 7.23. The van der Waals surface area contributed by atoms with Gasteiger partial charge in [-0.2, -0.15) is 0 Å². The number of imide groups is 1. The maximum absolute atomic E-state index is 14.6. The van der Waals surface area contributed by atoms with Crippen LogP contribution in [0.3, 0.4) is 0 Å². The lowest BCUT2D eigenvalue weighted by Crippen LogP contribution is -2.57. The minimum atomic E-state index is -1.89. The first-order valence-corrected chi connectivity index (χ1v) is 14.9. The van der Waals surface area contributed by atoms with Crippen LogP contribution < -0.4 is 15.0 Å². The molecule has 2 N–H and O–H groups in total. The highest BCUT2D eigenvalue weighted by molar-refractivity contribution is 6.25. The number of carboxylic acids is 1. The summed E-state index contributed by atoms with van der Waals surface area (Å²) in [6.07, 6.45) is 0.982. The number of nitrogens with one attached hydrogen (secondary N) is 1. The van der Waals surface area contributed by atoms with Gasteiger partial charge in [0.05, 0.1) is 29.6 Å². The molecular formula is C35H33N3O7. The van der Waals surface area contributed by atoms with Gasteiger partial charge in [-0.3, -0.25) is 29.8 Å². The van der Waals surface area contributed by atoms with Gasteiger partial charge >= 0.3 is 5.97 Å². The lowest BCUT2D eigenvalue weighted by molar-refractivity contribution is -0.384. The molecular weight excluding hydrogens is 574 g/mol. The molecule has 2 amide bonds. The van der Waals surface area contributed by atoms with E-state index < -0.39 is 46.1 Å². The number of carbonyl (C=O) groups is 3. The quantitative estimate of drug-likeness (QED) is 0.147. The van der Waals surface area contributed by atoms with E-state index in [2.05, 4.69) is 5.32 Å². The Balaban J connectivity index is 1.57. The molecule has 2 heterocycles. The fourth-order valence-electron chi connectivity index (χ4n) is 7.23. The van der Waals surface area contributed by atoms with Crippen molar-refractivity contribution in [3.63, 3.8) is 0 Å². The number of hydrogen-bond donors (Lipinski definition) is 2. The van der Waals surface area contributed by atoms with Crippen LogP contribution in [0.15, 0.2) is 78.9 Å². The summed E-state index contributed by atoms with van der Waals surface area (Å²) in [4.78, 5) is 54.7. The smallest absolute Gasteiger partial charge is 0.325 e. The Kier molecular flexibility index (Phi) is 7.62. The Morgan fingerprint density at radius 3 is 2.16 bits per heavy atom. The van der Waals surface area contributed by atoms with Crippen molar-refractivity contribution in [2.45, 2.75) is 44.7 Å². The second-order valence-electron chi connectivity index (χ2n) is 11.5. The van der Waals surface area contributed by atoms with E-state index in [4.69, 9.17) is 4.74 Å². The zero-order chi connectivity index (χ0) is 32.0. The largest absolute Gasteiger partial charge is 0.496 e.